The van der Waals surface area contributed by atoms with Gasteiger partial charge in [-0.25, -0.2) is 31.3 Å². The molecule has 138 valence electrons. The fourth-order valence-electron chi connectivity index (χ4n) is 2.05. The second-order valence-corrected chi connectivity index (χ2v) is 4.70. The van der Waals surface area contributed by atoms with Gasteiger partial charge in [-0.05, 0) is 0 Å². The summed E-state index contributed by atoms with van der Waals surface area (Å²) in [6.07, 6.45) is -7.01. The molecule has 12 heteroatoms. The largest absolute Gasteiger partial charge is 0.422 e. The fraction of sp³-hybridized carbons (Fsp3) is 0.143. The van der Waals surface area contributed by atoms with Crippen LogP contribution in [0.3, 0.4) is 0 Å². The molecule has 0 amide bonds. The molecular weight excluding hydrogens is 386 g/mol. The van der Waals surface area contributed by atoms with Gasteiger partial charge in [-0.3, -0.25) is 0 Å². The van der Waals surface area contributed by atoms with Gasteiger partial charge in [-0.2, -0.15) is 22.8 Å². The molecule has 2 nitrogen and oxygen atoms in total. The van der Waals surface area contributed by atoms with Crippen molar-refractivity contribution >= 4 is 0 Å². The van der Waals surface area contributed by atoms with Crippen LogP contribution in [0.2, 0.25) is 0 Å². The number of benzene rings is 1. The summed E-state index contributed by atoms with van der Waals surface area (Å²) in [7, 11) is 0. The number of nitriles is 1. The van der Waals surface area contributed by atoms with Crippen LogP contribution in [0, 0.1) is 52.2 Å². The number of hydrogen-bond acceptors (Lipinski definition) is 2. The minimum absolute atomic E-state index is 1.17. The molecule has 0 saturated heterocycles. The van der Waals surface area contributed by atoms with E-state index in [0.717, 1.165) is 0 Å². The van der Waals surface area contributed by atoms with E-state index in [1.54, 1.807) is 0 Å². The maximum atomic E-state index is 14.1. The SMILES string of the molecule is N#CCc1c(F)c(F)nc(-c2c(F)c(F)c(C(F)(F)F)c(F)c2F)c1F. The highest BCUT2D eigenvalue weighted by Gasteiger charge is 2.43. The molecule has 0 saturated carbocycles. The van der Waals surface area contributed by atoms with Gasteiger partial charge in [0.05, 0.1) is 18.1 Å². The van der Waals surface area contributed by atoms with Crippen LogP contribution in [0.25, 0.3) is 11.3 Å². The topological polar surface area (TPSA) is 36.7 Å². The van der Waals surface area contributed by atoms with Crippen molar-refractivity contribution in [1.29, 1.82) is 5.26 Å². The van der Waals surface area contributed by atoms with E-state index in [9.17, 15) is 43.9 Å². The Morgan fingerprint density at radius 3 is 1.69 bits per heavy atom. The Labute approximate surface area is 137 Å². The number of alkyl halides is 3. The molecule has 1 heterocycles. The van der Waals surface area contributed by atoms with Crippen LogP contribution in [0.5, 0.6) is 0 Å². The van der Waals surface area contributed by atoms with Crippen LogP contribution in [0.4, 0.5) is 43.9 Å². The first-order valence-corrected chi connectivity index (χ1v) is 6.27. The Hall–Kier alpha value is -2.84. The van der Waals surface area contributed by atoms with E-state index in [1.165, 1.54) is 6.07 Å². The van der Waals surface area contributed by atoms with Crippen molar-refractivity contribution in [2.75, 3.05) is 0 Å². The smallest absolute Gasteiger partial charge is 0.214 e. The Kier molecular flexibility index (Phi) is 4.85. The summed E-state index contributed by atoms with van der Waals surface area (Å²) in [5, 5.41) is 8.42. The lowest BCUT2D eigenvalue weighted by atomic mass is 10.0. The van der Waals surface area contributed by atoms with E-state index < -0.39 is 75.8 Å². The number of rotatable bonds is 2. The van der Waals surface area contributed by atoms with Gasteiger partial charge >= 0.3 is 6.18 Å². The highest BCUT2D eigenvalue weighted by atomic mass is 19.4. The van der Waals surface area contributed by atoms with Crippen molar-refractivity contribution in [2.45, 2.75) is 12.6 Å². The summed E-state index contributed by atoms with van der Waals surface area (Å²) in [6.45, 7) is 0. The summed E-state index contributed by atoms with van der Waals surface area (Å²) < 4.78 is 133. The van der Waals surface area contributed by atoms with E-state index in [2.05, 4.69) is 4.98 Å². The third kappa shape index (κ3) is 2.93. The zero-order valence-electron chi connectivity index (χ0n) is 11.9. The van der Waals surface area contributed by atoms with E-state index in [0.29, 0.717) is 0 Å². The van der Waals surface area contributed by atoms with Crippen molar-refractivity contribution in [3.8, 4) is 17.3 Å². The normalized spacial score (nSPS) is 11.6. The van der Waals surface area contributed by atoms with Crippen molar-refractivity contribution in [3.05, 3.63) is 52.0 Å². The minimum Gasteiger partial charge on any atom is -0.214 e. The summed E-state index contributed by atoms with van der Waals surface area (Å²) >= 11 is 0. The number of hydrogen-bond donors (Lipinski definition) is 0. The lowest BCUT2D eigenvalue weighted by Crippen LogP contribution is -2.17. The Bertz CT molecular complexity index is 914. The molecule has 0 bridgehead atoms. The molecule has 2 aromatic rings. The van der Waals surface area contributed by atoms with E-state index in [4.69, 9.17) is 5.26 Å². The first-order valence-electron chi connectivity index (χ1n) is 6.27. The molecule has 0 unspecified atom stereocenters. The quantitative estimate of drug-likeness (QED) is 0.421. The summed E-state index contributed by atoms with van der Waals surface area (Å²) in [6, 6.07) is 1.19. The van der Waals surface area contributed by atoms with Gasteiger partial charge in [0, 0.05) is 5.56 Å². The summed E-state index contributed by atoms with van der Waals surface area (Å²) in [4.78, 5) is 2.46. The van der Waals surface area contributed by atoms with Gasteiger partial charge < -0.3 is 0 Å². The predicted molar refractivity (Wildman–Crippen MR) is 63.7 cm³/mol. The van der Waals surface area contributed by atoms with Gasteiger partial charge in [0.2, 0.25) is 5.95 Å². The third-order valence-corrected chi connectivity index (χ3v) is 3.17. The van der Waals surface area contributed by atoms with Crippen LogP contribution in [0.15, 0.2) is 0 Å². The molecule has 2 rings (SSSR count). The number of aromatic nitrogens is 1. The fourth-order valence-corrected chi connectivity index (χ4v) is 2.05. The Morgan fingerprint density at radius 1 is 0.769 bits per heavy atom. The lowest BCUT2D eigenvalue weighted by Gasteiger charge is -2.15. The average Bonchev–Trinajstić information content (AvgIpc) is 2.53. The van der Waals surface area contributed by atoms with Crippen LogP contribution in [-0.4, -0.2) is 4.98 Å². The van der Waals surface area contributed by atoms with E-state index in [1.807, 2.05) is 0 Å². The molecular formula is C14H2F10N2. The van der Waals surface area contributed by atoms with Gasteiger partial charge in [0.1, 0.15) is 11.3 Å². The zero-order chi connectivity index (χ0) is 20.0. The third-order valence-electron chi connectivity index (χ3n) is 3.17. The summed E-state index contributed by atoms with van der Waals surface area (Å²) in [5.41, 5.74) is -8.27. The van der Waals surface area contributed by atoms with Gasteiger partial charge in [-0.15, -0.1) is 0 Å². The number of halogens is 10. The Morgan fingerprint density at radius 2 is 1.27 bits per heavy atom. The van der Waals surface area contributed by atoms with Crippen molar-refractivity contribution in [1.82, 2.24) is 4.98 Å². The first-order chi connectivity index (χ1) is 11.9. The number of nitrogens with zero attached hydrogens (tertiary/aromatic N) is 2. The first kappa shape index (κ1) is 19.5. The Balaban J connectivity index is 2.94. The molecule has 1 aromatic carbocycles. The maximum Gasteiger partial charge on any atom is 0.422 e. The van der Waals surface area contributed by atoms with Gasteiger partial charge in [-0.1, -0.05) is 0 Å². The lowest BCUT2D eigenvalue weighted by molar-refractivity contribution is -0.143. The molecule has 26 heavy (non-hydrogen) atoms. The van der Waals surface area contributed by atoms with Gasteiger partial charge in [0.15, 0.2) is 34.9 Å². The highest BCUT2D eigenvalue weighted by Crippen LogP contribution is 2.40. The molecule has 0 atom stereocenters. The van der Waals surface area contributed by atoms with Crippen molar-refractivity contribution in [2.24, 2.45) is 0 Å². The van der Waals surface area contributed by atoms with Crippen LogP contribution < -0.4 is 0 Å². The molecule has 0 aliphatic rings. The van der Waals surface area contributed by atoms with E-state index in [-0.39, 0.29) is 0 Å². The molecule has 1 aromatic heterocycles. The average molecular weight is 388 g/mol. The second kappa shape index (κ2) is 6.47. The zero-order valence-corrected chi connectivity index (χ0v) is 11.9. The molecule has 0 aliphatic heterocycles. The molecule has 0 radical (unpaired) electrons. The molecule has 0 aliphatic carbocycles. The van der Waals surface area contributed by atoms with Gasteiger partial charge in [0.25, 0.3) is 0 Å². The highest BCUT2D eigenvalue weighted by molar-refractivity contribution is 5.64. The summed E-state index contributed by atoms with van der Waals surface area (Å²) in [5.74, 6) is -17.6. The molecule has 0 N–H and O–H groups in total. The van der Waals surface area contributed by atoms with Crippen molar-refractivity contribution in [3.63, 3.8) is 0 Å². The molecule has 0 fully saturated rings. The van der Waals surface area contributed by atoms with Crippen LogP contribution in [0.1, 0.15) is 11.1 Å². The predicted octanol–water partition coefficient (Wildman–Crippen LogP) is 4.81. The minimum atomic E-state index is -5.85. The van der Waals surface area contributed by atoms with Crippen LogP contribution in [-0.2, 0) is 12.6 Å². The second-order valence-electron chi connectivity index (χ2n) is 4.70. The van der Waals surface area contributed by atoms with Crippen molar-refractivity contribution < 1.29 is 43.9 Å². The monoisotopic (exact) mass is 388 g/mol. The maximum absolute atomic E-state index is 14.1. The van der Waals surface area contributed by atoms with E-state index >= 15 is 0 Å². The van der Waals surface area contributed by atoms with Crippen LogP contribution >= 0.6 is 0 Å². The number of pyridine rings is 1. The molecule has 0 spiro atoms. The standard InChI is InChI=1S/C14H2F10N2/c15-6-3(1-2-25)7(16)13(21)26-12(6)4-8(17)10(19)5(14(22,23)24)11(20)9(4)18/h1H2.